The lowest BCUT2D eigenvalue weighted by molar-refractivity contribution is 0.376. The van der Waals surface area contributed by atoms with Crippen LogP contribution in [0.15, 0.2) is 0 Å². The highest BCUT2D eigenvalue weighted by Crippen LogP contribution is 2.34. The average Bonchev–Trinajstić information content (AvgIpc) is 2.37. The van der Waals surface area contributed by atoms with Crippen molar-refractivity contribution < 1.29 is 0 Å². The SMILES string of the molecule is CCCCC[C@H]1CCC[C@@H]1C. The Morgan fingerprint density at radius 3 is 2.55 bits per heavy atom. The fourth-order valence-electron chi connectivity index (χ4n) is 2.31. The lowest BCUT2D eigenvalue weighted by atomic mass is 9.92. The molecule has 11 heavy (non-hydrogen) atoms. The van der Waals surface area contributed by atoms with E-state index >= 15 is 0 Å². The van der Waals surface area contributed by atoms with Crippen LogP contribution in [0.3, 0.4) is 0 Å². The molecule has 1 aliphatic carbocycles. The Hall–Kier alpha value is 0. The van der Waals surface area contributed by atoms with Crippen LogP contribution in [0.4, 0.5) is 0 Å². The van der Waals surface area contributed by atoms with Gasteiger partial charge in [0.2, 0.25) is 0 Å². The fraction of sp³-hybridized carbons (Fsp3) is 1.00. The molecule has 0 aromatic rings. The highest BCUT2D eigenvalue weighted by molar-refractivity contribution is 4.73. The van der Waals surface area contributed by atoms with Gasteiger partial charge in [-0.3, -0.25) is 0 Å². The predicted octanol–water partition coefficient (Wildman–Crippen LogP) is 4.00. The second-order valence-electron chi connectivity index (χ2n) is 4.16. The number of hydrogen-bond donors (Lipinski definition) is 0. The topological polar surface area (TPSA) is 0 Å². The van der Waals surface area contributed by atoms with Gasteiger partial charge in [0.15, 0.2) is 0 Å². The van der Waals surface area contributed by atoms with E-state index in [1.165, 1.54) is 44.9 Å². The molecule has 0 heteroatoms. The second-order valence-corrected chi connectivity index (χ2v) is 4.16. The summed E-state index contributed by atoms with van der Waals surface area (Å²) in [6.45, 7) is 4.72. The summed E-state index contributed by atoms with van der Waals surface area (Å²) in [4.78, 5) is 0. The molecule has 0 nitrogen and oxygen atoms in total. The van der Waals surface area contributed by atoms with Crippen LogP contribution in [-0.2, 0) is 0 Å². The highest BCUT2D eigenvalue weighted by Gasteiger charge is 2.21. The summed E-state index contributed by atoms with van der Waals surface area (Å²) in [5, 5.41) is 0. The van der Waals surface area contributed by atoms with Crippen LogP contribution in [0, 0.1) is 11.8 Å². The minimum absolute atomic E-state index is 1.03. The van der Waals surface area contributed by atoms with Gasteiger partial charge in [0.25, 0.3) is 0 Å². The summed E-state index contributed by atoms with van der Waals surface area (Å²) in [6, 6.07) is 0. The Balaban J connectivity index is 2.05. The van der Waals surface area contributed by atoms with E-state index in [-0.39, 0.29) is 0 Å². The summed E-state index contributed by atoms with van der Waals surface area (Å²) >= 11 is 0. The van der Waals surface area contributed by atoms with E-state index in [0.29, 0.717) is 0 Å². The summed E-state index contributed by atoms with van der Waals surface area (Å²) < 4.78 is 0. The molecule has 0 unspecified atom stereocenters. The molecule has 0 radical (unpaired) electrons. The van der Waals surface area contributed by atoms with Crippen LogP contribution in [0.1, 0.15) is 58.8 Å². The van der Waals surface area contributed by atoms with E-state index in [9.17, 15) is 0 Å². The van der Waals surface area contributed by atoms with Crippen molar-refractivity contribution in [1.82, 2.24) is 0 Å². The zero-order chi connectivity index (χ0) is 8.10. The van der Waals surface area contributed by atoms with Crippen molar-refractivity contribution in [2.24, 2.45) is 11.8 Å². The molecule has 0 bridgehead atoms. The molecule has 2 atom stereocenters. The lowest BCUT2D eigenvalue weighted by Gasteiger charge is -2.13. The molecule has 0 aromatic carbocycles. The molecular weight excluding hydrogens is 132 g/mol. The first-order chi connectivity index (χ1) is 5.34. The molecule has 0 spiro atoms. The lowest BCUT2D eigenvalue weighted by Crippen LogP contribution is -2.02. The van der Waals surface area contributed by atoms with E-state index in [4.69, 9.17) is 0 Å². The van der Waals surface area contributed by atoms with Gasteiger partial charge in [-0.05, 0) is 11.8 Å². The van der Waals surface area contributed by atoms with E-state index in [1.54, 1.807) is 0 Å². The second kappa shape index (κ2) is 4.79. The summed E-state index contributed by atoms with van der Waals surface area (Å²) in [5.41, 5.74) is 0. The molecule has 0 heterocycles. The van der Waals surface area contributed by atoms with Crippen molar-refractivity contribution in [3.05, 3.63) is 0 Å². The first kappa shape index (κ1) is 9.09. The molecule has 0 aliphatic heterocycles. The Labute approximate surface area is 71.4 Å². The Morgan fingerprint density at radius 1 is 1.18 bits per heavy atom. The van der Waals surface area contributed by atoms with E-state index in [0.717, 1.165) is 11.8 Å². The van der Waals surface area contributed by atoms with Gasteiger partial charge in [-0.2, -0.15) is 0 Å². The molecule has 66 valence electrons. The van der Waals surface area contributed by atoms with Gasteiger partial charge < -0.3 is 0 Å². The van der Waals surface area contributed by atoms with E-state index < -0.39 is 0 Å². The van der Waals surface area contributed by atoms with Crippen molar-refractivity contribution in [2.75, 3.05) is 0 Å². The third kappa shape index (κ3) is 2.84. The molecule has 0 amide bonds. The molecule has 1 fully saturated rings. The zero-order valence-electron chi connectivity index (χ0n) is 8.10. The van der Waals surface area contributed by atoms with Crippen LogP contribution in [0.2, 0.25) is 0 Å². The Bertz CT molecular complexity index is 96.2. The largest absolute Gasteiger partial charge is 0.0654 e. The van der Waals surface area contributed by atoms with Gasteiger partial charge in [-0.15, -0.1) is 0 Å². The summed E-state index contributed by atoms with van der Waals surface area (Å²) in [7, 11) is 0. The molecule has 0 aromatic heterocycles. The Kier molecular flexibility index (Phi) is 3.96. The smallest absolute Gasteiger partial charge is 0.0388 e. The number of hydrogen-bond acceptors (Lipinski definition) is 0. The molecule has 0 N–H and O–H groups in total. The van der Waals surface area contributed by atoms with Crippen LogP contribution in [0.5, 0.6) is 0 Å². The Morgan fingerprint density at radius 2 is 2.00 bits per heavy atom. The quantitative estimate of drug-likeness (QED) is 0.537. The monoisotopic (exact) mass is 154 g/mol. The van der Waals surface area contributed by atoms with Crippen molar-refractivity contribution in [3.63, 3.8) is 0 Å². The van der Waals surface area contributed by atoms with Crippen molar-refractivity contribution in [1.29, 1.82) is 0 Å². The normalized spacial score (nSPS) is 31.1. The van der Waals surface area contributed by atoms with E-state index in [1.807, 2.05) is 0 Å². The maximum atomic E-state index is 2.43. The van der Waals surface area contributed by atoms with Crippen LogP contribution >= 0.6 is 0 Å². The summed E-state index contributed by atoms with van der Waals surface area (Å²) in [5.74, 6) is 2.12. The van der Waals surface area contributed by atoms with Crippen molar-refractivity contribution >= 4 is 0 Å². The first-order valence-electron chi connectivity index (χ1n) is 5.34. The number of rotatable bonds is 4. The molecule has 1 aliphatic rings. The summed E-state index contributed by atoms with van der Waals surface area (Å²) in [6.07, 6.45) is 10.3. The van der Waals surface area contributed by atoms with Crippen LogP contribution in [-0.4, -0.2) is 0 Å². The fourth-order valence-corrected chi connectivity index (χ4v) is 2.31. The molecule has 1 saturated carbocycles. The maximum Gasteiger partial charge on any atom is -0.0388 e. The minimum atomic E-state index is 1.03. The molecule has 0 saturated heterocycles. The van der Waals surface area contributed by atoms with Crippen LogP contribution < -0.4 is 0 Å². The van der Waals surface area contributed by atoms with E-state index in [2.05, 4.69) is 13.8 Å². The van der Waals surface area contributed by atoms with Crippen molar-refractivity contribution in [2.45, 2.75) is 58.8 Å². The third-order valence-electron chi connectivity index (χ3n) is 3.22. The van der Waals surface area contributed by atoms with Gasteiger partial charge in [0.05, 0.1) is 0 Å². The van der Waals surface area contributed by atoms with Gasteiger partial charge in [-0.25, -0.2) is 0 Å². The van der Waals surface area contributed by atoms with Gasteiger partial charge in [-0.1, -0.05) is 58.8 Å². The standard InChI is InChI=1S/C11H22/c1-3-4-5-8-11-9-6-7-10(11)2/h10-11H,3-9H2,1-2H3/t10-,11-/m0/s1. The van der Waals surface area contributed by atoms with Gasteiger partial charge >= 0.3 is 0 Å². The first-order valence-corrected chi connectivity index (χ1v) is 5.34. The highest BCUT2D eigenvalue weighted by atomic mass is 14.3. The minimum Gasteiger partial charge on any atom is -0.0654 e. The van der Waals surface area contributed by atoms with Gasteiger partial charge in [0, 0.05) is 0 Å². The molecular formula is C11H22. The molecule has 1 rings (SSSR count). The van der Waals surface area contributed by atoms with Crippen LogP contribution in [0.25, 0.3) is 0 Å². The van der Waals surface area contributed by atoms with Crippen molar-refractivity contribution in [3.8, 4) is 0 Å². The predicted molar refractivity (Wildman–Crippen MR) is 50.6 cm³/mol. The zero-order valence-corrected chi connectivity index (χ0v) is 8.10. The van der Waals surface area contributed by atoms with Gasteiger partial charge in [0.1, 0.15) is 0 Å². The number of unbranched alkanes of at least 4 members (excludes halogenated alkanes) is 2. The average molecular weight is 154 g/mol. The third-order valence-corrected chi connectivity index (χ3v) is 3.22. The maximum absolute atomic E-state index is 2.43.